The molecule has 1 aromatic carbocycles. The summed E-state index contributed by atoms with van der Waals surface area (Å²) >= 11 is 3.48. The Morgan fingerprint density at radius 2 is 2.22 bits per heavy atom. The van der Waals surface area contributed by atoms with E-state index in [4.69, 9.17) is 6.42 Å². The first kappa shape index (κ1) is 13.2. The van der Waals surface area contributed by atoms with E-state index < -0.39 is 0 Å². The zero-order chi connectivity index (χ0) is 13.3. The van der Waals surface area contributed by atoms with Crippen molar-refractivity contribution in [1.29, 1.82) is 0 Å². The Morgan fingerprint density at radius 3 is 2.78 bits per heavy atom. The van der Waals surface area contributed by atoms with Gasteiger partial charge in [0.15, 0.2) is 0 Å². The highest BCUT2D eigenvalue weighted by Crippen LogP contribution is 2.33. The zero-order valence-corrected chi connectivity index (χ0v) is 12.2. The molecule has 0 aromatic heterocycles. The summed E-state index contributed by atoms with van der Waals surface area (Å²) in [6.45, 7) is 4.89. The van der Waals surface area contributed by atoms with Crippen molar-refractivity contribution in [3.63, 3.8) is 0 Å². The van der Waals surface area contributed by atoms with E-state index in [0.29, 0.717) is 18.9 Å². The molecule has 1 amide bonds. The summed E-state index contributed by atoms with van der Waals surface area (Å²) in [7, 11) is 0. The van der Waals surface area contributed by atoms with Gasteiger partial charge >= 0.3 is 0 Å². The van der Waals surface area contributed by atoms with Crippen LogP contribution in [0.1, 0.15) is 31.7 Å². The van der Waals surface area contributed by atoms with E-state index >= 15 is 0 Å². The van der Waals surface area contributed by atoms with Crippen LogP contribution in [0.3, 0.4) is 0 Å². The van der Waals surface area contributed by atoms with E-state index in [1.807, 2.05) is 17.0 Å². The molecular weight excluding hydrogens is 290 g/mol. The van der Waals surface area contributed by atoms with Crippen LogP contribution in [0.2, 0.25) is 0 Å². The number of amides is 1. The number of halogens is 1. The lowest BCUT2D eigenvalue weighted by Crippen LogP contribution is -2.25. The van der Waals surface area contributed by atoms with Crippen molar-refractivity contribution in [3.05, 3.63) is 28.2 Å². The summed E-state index contributed by atoms with van der Waals surface area (Å²) in [5, 5.41) is 0. The number of benzene rings is 1. The van der Waals surface area contributed by atoms with Gasteiger partial charge in [0.2, 0.25) is 5.91 Å². The van der Waals surface area contributed by atoms with E-state index in [2.05, 4.69) is 41.8 Å². The molecule has 1 fully saturated rings. The molecule has 0 N–H and O–H groups in total. The molecule has 0 radical (unpaired) electrons. The van der Waals surface area contributed by atoms with Crippen molar-refractivity contribution < 1.29 is 4.79 Å². The molecule has 94 valence electrons. The van der Waals surface area contributed by atoms with Crippen LogP contribution < -0.4 is 4.90 Å². The maximum atomic E-state index is 12.0. The van der Waals surface area contributed by atoms with Crippen LogP contribution in [-0.4, -0.2) is 12.5 Å². The minimum atomic E-state index is 0.0427. The second-order valence-corrected chi connectivity index (χ2v) is 5.85. The highest BCUT2D eigenvalue weighted by Gasteiger charge is 2.30. The number of nitrogens with zero attached hydrogens (tertiary/aromatic N) is 1. The highest BCUT2D eigenvalue weighted by molar-refractivity contribution is 9.10. The Kier molecular flexibility index (Phi) is 3.77. The van der Waals surface area contributed by atoms with Crippen molar-refractivity contribution in [2.75, 3.05) is 11.4 Å². The quantitative estimate of drug-likeness (QED) is 0.765. The fourth-order valence-electron chi connectivity index (χ4n) is 2.29. The van der Waals surface area contributed by atoms with Crippen LogP contribution in [0, 0.1) is 18.3 Å². The Bertz CT molecular complexity index is 516. The second-order valence-electron chi connectivity index (χ2n) is 4.93. The van der Waals surface area contributed by atoms with Crippen molar-refractivity contribution in [3.8, 4) is 12.3 Å². The van der Waals surface area contributed by atoms with Crippen LogP contribution in [0.25, 0.3) is 0 Å². The fourth-order valence-corrected chi connectivity index (χ4v) is 2.66. The summed E-state index contributed by atoms with van der Waals surface area (Å²) in [4.78, 5) is 13.8. The number of anilines is 1. The molecule has 1 aliphatic heterocycles. The first-order valence-electron chi connectivity index (χ1n) is 6.09. The molecule has 2 rings (SSSR count). The van der Waals surface area contributed by atoms with Crippen LogP contribution in [0.4, 0.5) is 5.69 Å². The van der Waals surface area contributed by atoms with E-state index in [-0.39, 0.29) is 11.8 Å². The Labute approximate surface area is 116 Å². The van der Waals surface area contributed by atoms with Crippen molar-refractivity contribution in [1.82, 2.24) is 0 Å². The molecule has 1 unspecified atom stereocenters. The number of hydrogen-bond donors (Lipinski definition) is 0. The first-order valence-corrected chi connectivity index (χ1v) is 6.88. The largest absolute Gasteiger partial charge is 0.311 e. The van der Waals surface area contributed by atoms with E-state index in [9.17, 15) is 4.79 Å². The predicted molar refractivity (Wildman–Crippen MR) is 77.5 cm³/mol. The lowest BCUT2D eigenvalue weighted by Gasteiger charge is -2.22. The minimum Gasteiger partial charge on any atom is -0.311 e. The standard InChI is InChI=1S/C15H16BrNO/c1-4-11-7-15(18)17(9-11)14-6-5-12(16)8-13(14)10(2)3/h1,5-6,8,10-11H,7,9H2,2-3H3. The topological polar surface area (TPSA) is 20.3 Å². The summed E-state index contributed by atoms with van der Waals surface area (Å²) in [6.07, 6.45) is 5.88. The van der Waals surface area contributed by atoms with Crippen molar-refractivity contribution in [2.24, 2.45) is 5.92 Å². The Hall–Kier alpha value is -1.27. The molecule has 0 spiro atoms. The Morgan fingerprint density at radius 1 is 1.50 bits per heavy atom. The van der Waals surface area contributed by atoms with E-state index in [1.54, 1.807) is 0 Å². The number of carbonyl (C=O) groups is 1. The smallest absolute Gasteiger partial charge is 0.228 e. The molecule has 18 heavy (non-hydrogen) atoms. The summed E-state index contributed by atoms with van der Waals surface area (Å²) in [6, 6.07) is 6.05. The first-order chi connectivity index (χ1) is 8.52. The lowest BCUT2D eigenvalue weighted by atomic mass is 10.0. The van der Waals surface area contributed by atoms with Gasteiger partial charge in [0.1, 0.15) is 0 Å². The normalized spacial score (nSPS) is 19.4. The third-order valence-electron chi connectivity index (χ3n) is 3.26. The second kappa shape index (κ2) is 5.16. The lowest BCUT2D eigenvalue weighted by molar-refractivity contribution is -0.117. The van der Waals surface area contributed by atoms with E-state index in [1.165, 1.54) is 5.56 Å². The third kappa shape index (κ3) is 2.44. The molecule has 1 aliphatic rings. The molecule has 0 saturated carbocycles. The van der Waals surface area contributed by atoms with Crippen LogP contribution in [-0.2, 0) is 4.79 Å². The summed E-state index contributed by atoms with van der Waals surface area (Å²) < 4.78 is 1.04. The zero-order valence-electron chi connectivity index (χ0n) is 10.6. The fraction of sp³-hybridized carbons (Fsp3) is 0.400. The summed E-state index contributed by atoms with van der Waals surface area (Å²) in [5.41, 5.74) is 2.17. The van der Waals surface area contributed by atoms with Gasteiger partial charge in [0.25, 0.3) is 0 Å². The summed E-state index contributed by atoms with van der Waals surface area (Å²) in [5.74, 6) is 3.22. The molecule has 3 heteroatoms. The monoisotopic (exact) mass is 305 g/mol. The van der Waals surface area contributed by atoms with Crippen LogP contribution in [0.15, 0.2) is 22.7 Å². The Balaban J connectivity index is 2.40. The van der Waals surface area contributed by atoms with Gasteiger partial charge in [-0.1, -0.05) is 29.8 Å². The van der Waals surface area contributed by atoms with Gasteiger partial charge in [-0.2, -0.15) is 0 Å². The number of carbonyl (C=O) groups excluding carboxylic acids is 1. The van der Waals surface area contributed by atoms with Gasteiger partial charge in [0, 0.05) is 29.0 Å². The van der Waals surface area contributed by atoms with Gasteiger partial charge in [-0.3, -0.25) is 4.79 Å². The SMILES string of the molecule is C#CC1CC(=O)N(c2ccc(Br)cc2C(C)C)C1. The van der Waals surface area contributed by atoms with Gasteiger partial charge < -0.3 is 4.90 Å². The predicted octanol–water partition coefficient (Wildman–Crippen LogP) is 3.56. The number of rotatable bonds is 2. The molecule has 0 aliphatic carbocycles. The maximum absolute atomic E-state index is 12.0. The van der Waals surface area contributed by atoms with Crippen LogP contribution >= 0.6 is 15.9 Å². The minimum absolute atomic E-state index is 0.0427. The van der Waals surface area contributed by atoms with Gasteiger partial charge in [-0.05, 0) is 29.7 Å². The molecule has 1 aromatic rings. The van der Waals surface area contributed by atoms with Crippen molar-refractivity contribution in [2.45, 2.75) is 26.2 Å². The molecular formula is C15H16BrNO. The maximum Gasteiger partial charge on any atom is 0.228 e. The third-order valence-corrected chi connectivity index (χ3v) is 3.76. The molecule has 2 nitrogen and oxygen atoms in total. The van der Waals surface area contributed by atoms with Crippen LogP contribution in [0.5, 0.6) is 0 Å². The van der Waals surface area contributed by atoms with Gasteiger partial charge in [-0.25, -0.2) is 0 Å². The number of hydrogen-bond acceptors (Lipinski definition) is 1. The highest BCUT2D eigenvalue weighted by atomic mass is 79.9. The van der Waals surface area contributed by atoms with E-state index in [0.717, 1.165) is 10.2 Å². The molecule has 1 atom stereocenters. The average molecular weight is 306 g/mol. The average Bonchev–Trinajstić information content (AvgIpc) is 2.70. The van der Waals surface area contributed by atoms with Gasteiger partial charge in [-0.15, -0.1) is 12.3 Å². The molecule has 1 saturated heterocycles. The number of terminal acetylenes is 1. The van der Waals surface area contributed by atoms with Crippen molar-refractivity contribution >= 4 is 27.5 Å². The molecule has 0 bridgehead atoms. The molecule has 1 heterocycles. The van der Waals surface area contributed by atoms with Gasteiger partial charge in [0.05, 0.1) is 0 Å².